The van der Waals surface area contributed by atoms with Crippen molar-refractivity contribution in [1.29, 1.82) is 0 Å². The summed E-state index contributed by atoms with van der Waals surface area (Å²) in [5.41, 5.74) is 0. The molecular formula is C12H24N2. The predicted molar refractivity (Wildman–Crippen MR) is 60.5 cm³/mol. The fourth-order valence-corrected chi connectivity index (χ4v) is 2.56. The minimum Gasteiger partial charge on any atom is -0.310 e. The van der Waals surface area contributed by atoms with Crippen LogP contribution in [0.5, 0.6) is 0 Å². The van der Waals surface area contributed by atoms with E-state index in [0.717, 1.165) is 6.04 Å². The summed E-state index contributed by atoms with van der Waals surface area (Å²) in [4.78, 5) is 2.62. The number of piperidine rings is 1. The average Bonchev–Trinajstić information content (AvgIpc) is 2.13. The lowest BCUT2D eigenvalue weighted by atomic mass is 9.92. The Morgan fingerprint density at radius 3 is 2.43 bits per heavy atom. The molecule has 2 nitrogen and oxygen atoms in total. The van der Waals surface area contributed by atoms with Gasteiger partial charge in [0.15, 0.2) is 0 Å². The molecular weight excluding hydrogens is 172 g/mol. The molecule has 1 N–H and O–H groups in total. The Labute approximate surface area is 88.1 Å². The van der Waals surface area contributed by atoms with Gasteiger partial charge in [-0.2, -0.15) is 0 Å². The van der Waals surface area contributed by atoms with E-state index in [0.29, 0.717) is 6.04 Å². The summed E-state index contributed by atoms with van der Waals surface area (Å²) in [7, 11) is 0. The standard InChI is InChI=1S/C12H24N2/c1-11(13-12-6-5-7-12)10-14-8-3-2-4-9-14/h11-13H,2-10H2,1H3. The molecule has 0 radical (unpaired) electrons. The van der Waals surface area contributed by atoms with Gasteiger partial charge in [0.05, 0.1) is 0 Å². The highest BCUT2D eigenvalue weighted by Crippen LogP contribution is 2.19. The smallest absolute Gasteiger partial charge is 0.0169 e. The maximum Gasteiger partial charge on any atom is 0.0169 e. The maximum atomic E-state index is 3.72. The number of nitrogens with one attached hydrogen (secondary N) is 1. The SMILES string of the molecule is CC(CN1CCCCC1)NC1CCC1. The van der Waals surface area contributed by atoms with E-state index in [4.69, 9.17) is 0 Å². The highest BCUT2D eigenvalue weighted by molar-refractivity contribution is 4.81. The zero-order valence-electron chi connectivity index (χ0n) is 9.47. The molecule has 1 atom stereocenters. The number of nitrogens with zero attached hydrogens (tertiary/aromatic N) is 1. The summed E-state index contributed by atoms with van der Waals surface area (Å²) in [6, 6.07) is 1.54. The van der Waals surface area contributed by atoms with Gasteiger partial charge in [-0.3, -0.25) is 0 Å². The van der Waals surface area contributed by atoms with Crippen LogP contribution < -0.4 is 5.32 Å². The number of likely N-dealkylation sites (tertiary alicyclic amines) is 1. The minimum absolute atomic E-state index is 0.693. The normalized spacial score (nSPS) is 27.2. The van der Waals surface area contributed by atoms with E-state index in [1.807, 2.05) is 0 Å². The molecule has 1 saturated carbocycles. The molecule has 1 aliphatic carbocycles. The number of hydrogen-bond acceptors (Lipinski definition) is 2. The third-order valence-electron chi connectivity index (χ3n) is 3.61. The highest BCUT2D eigenvalue weighted by Gasteiger charge is 2.20. The van der Waals surface area contributed by atoms with E-state index in [1.165, 1.54) is 58.2 Å². The molecule has 0 spiro atoms. The Bertz CT molecular complexity index is 160. The van der Waals surface area contributed by atoms with Gasteiger partial charge in [0.2, 0.25) is 0 Å². The maximum absolute atomic E-state index is 3.72. The Balaban J connectivity index is 1.62. The first kappa shape index (κ1) is 10.4. The van der Waals surface area contributed by atoms with Crippen LogP contribution in [0.25, 0.3) is 0 Å². The first-order chi connectivity index (χ1) is 6.84. The summed E-state index contributed by atoms with van der Waals surface area (Å²) < 4.78 is 0. The van der Waals surface area contributed by atoms with E-state index in [2.05, 4.69) is 17.1 Å². The summed E-state index contributed by atoms with van der Waals surface area (Å²) >= 11 is 0. The van der Waals surface area contributed by atoms with Gasteiger partial charge < -0.3 is 10.2 Å². The van der Waals surface area contributed by atoms with Gasteiger partial charge >= 0.3 is 0 Å². The molecule has 1 heterocycles. The molecule has 0 amide bonds. The van der Waals surface area contributed by atoms with Crippen LogP contribution in [0.15, 0.2) is 0 Å². The second-order valence-corrected chi connectivity index (χ2v) is 5.06. The van der Waals surface area contributed by atoms with Crippen LogP contribution in [0, 0.1) is 0 Å². The fourth-order valence-electron chi connectivity index (χ4n) is 2.56. The lowest BCUT2D eigenvalue weighted by Crippen LogP contribution is -2.47. The molecule has 0 aromatic carbocycles. The molecule has 0 bridgehead atoms. The van der Waals surface area contributed by atoms with Crippen molar-refractivity contribution >= 4 is 0 Å². The van der Waals surface area contributed by atoms with Crippen molar-refractivity contribution in [3.05, 3.63) is 0 Å². The van der Waals surface area contributed by atoms with Crippen LogP contribution in [0.2, 0.25) is 0 Å². The monoisotopic (exact) mass is 196 g/mol. The number of rotatable bonds is 4. The Kier molecular flexibility index (Phi) is 3.82. The van der Waals surface area contributed by atoms with Crippen LogP contribution in [0.3, 0.4) is 0 Å². The van der Waals surface area contributed by atoms with Crippen molar-refractivity contribution < 1.29 is 0 Å². The molecule has 0 aromatic heterocycles. The first-order valence-electron chi connectivity index (χ1n) is 6.33. The van der Waals surface area contributed by atoms with Crippen LogP contribution >= 0.6 is 0 Å². The summed E-state index contributed by atoms with van der Waals surface area (Å²) in [5.74, 6) is 0. The molecule has 2 aliphatic rings. The quantitative estimate of drug-likeness (QED) is 0.740. The van der Waals surface area contributed by atoms with Crippen molar-refractivity contribution in [3.8, 4) is 0 Å². The third-order valence-corrected chi connectivity index (χ3v) is 3.61. The predicted octanol–water partition coefficient (Wildman–Crippen LogP) is 2.00. The Morgan fingerprint density at radius 2 is 1.86 bits per heavy atom. The van der Waals surface area contributed by atoms with Crippen molar-refractivity contribution in [2.24, 2.45) is 0 Å². The topological polar surface area (TPSA) is 15.3 Å². The molecule has 0 aromatic rings. The van der Waals surface area contributed by atoms with Gasteiger partial charge in [-0.25, -0.2) is 0 Å². The van der Waals surface area contributed by atoms with Crippen LogP contribution in [0.1, 0.15) is 45.4 Å². The largest absolute Gasteiger partial charge is 0.310 e. The zero-order chi connectivity index (χ0) is 9.80. The van der Waals surface area contributed by atoms with Gasteiger partial charge in [0.1, 0.15) is 0 Å². The van der Waals surface area contributed by atoms with Gasteiger partial charge in [-0.05, 0) is 45.7 Å². The van der Waals surface area contributed by atoms with Crippen molar-refractivity contribution in [2.75, 3.05) is 19.6 Å². The molecule has 1 aliphatic heterocycles. The van der Waals surface area contributed by atoms with E-state index < -0.39 is 0 Å². The molecule has 82 valence electrons. The average molecular weight is 196 g/mol. The van der Waals surface area contributed by atoms with E-state index in [9.17, 15) is 0 Å². The van der Waals surface area contributed by atoms with Crippen LogP contribution in [-0.2, 0) is 0 Å². The van der Waals surface area contributed by atoms with Gasteiger partial charge in [-0.1, -0.05) is 12.8 Å². The molecule has 1 unspecified atom stereocenters. The molecule has 2 rings (SSSR count). The van der Waals surface area contributed by atoms with E-state index >= 15 is 0 Å². The first-order valence-corrected chi connectivity index (χ1v) is 6.33. The second-order valence-electron chi connectivity index (χ2n) is 5.06. The molecule has 14 heavy (non-hydrogen) atoms. The van der Waals surface area contributed by atoms with Crippen molar-refractivity contribution in [2.45, 2.75) is 57.5 Å². The lowest BCUT2D eigenvalue weighted by molar-refractivity contribution is 0.193. The van der Waals surface area contributed by atoms with E-state index in [1.54, 1.807) is 0 Å². The highest BCUT2D eigenvalue weighted by atomic mass is 15.2. The van der Waals surface area contributed by atoms with Crippen molar-refractivity contribution in [1.82, 2.24) is 10.2 Å². The van der Waals surface area contributed by atoms with E-state index in [-0.39, 0.29) is 0 Å². The molecule has 2 heteroatoms. The Morgan fingerprint density at radius 1 is 1.14 bits per heavy atom. The molecule has 1 saturated heterocycles. The zero-order valence-corrected chi connectivity index (χ0v) is 9.47. The van der Waals surface area contributed by atoms with Gasteiger partial charge in [-0.15, -0.1) is 0 Å². The number of hydrogen-bond donors (Lipinski definition) is 1. The van der Waals surface area contributed by atoms with Crippen LogP contribution in [0.4, 0.5) is 0 Å². The molecule has 2 fully saturated rings. The summed E-state index contributed by atoms with van der Waals surface area (Å²) in [5, 5.41) is 3.72. The Hall–Kier alpha value is -0.0800. The van der Waals surface area contributed by atoms with Crippen molar-refractivity contribution in [3.63, 3.8) is 0 Å². The van der Waals surface area contributed by atoms with Gasteiger partial charge in [0, 0.05) is 18.6 Å². The van der Waals surface area contributed by atoms with Gasteiger partial charge in [0.25, 0.3) is 0 Å². The second kappa shape index (κ2) is 5.13. The third kappa shape index (κ3) is 2.96. The van der Waals surface area contributed by atoms with Crippen LogP contribution in [-0.4, -0.2) is 36.6 Å². The lowest BCUT2D eigenvalue weighted by Gasteiger charge is -2.34. The minimum atomic E-state index is 0.693. The fraction of sp³-hybridized carbons (Fsp3) is 1.00. The summed E-state index contributed by atoms with van der Waals surface area (Å²) in [6.07, 6.45) is 8.52. The summed E-state index contributed by atoms with van der Waals surface area (Å²) in [6.45, 7) is 6.26.